The van der Waals surface area contributed by atoms with Crippen LogP contribution in [0.4, 0.5) is 0 Å². The third-order valence-corrected chi connectivity index (χ3v) is 2.79. The Morgan fingerprint density at radius 2 is 2.00 bits per heavy atom. The number of carboxylic acid groups (broad SMARTS) is 1. The minimum atomic E-state index is -1.01. The highest BCUT2D eigenvalue weighted by Gasteiger charge is 2.20. The molecule has 0 bridgehead atoms. The molecule has 0 aliphatic heterocycles. The van der Waals surface area contributed by atoms with Gasteiger partial charge in [0, 0.05) is 11.3 Å². The average molecular weight is 242 g/mol. The molecule has 1 aromatic carbocycles. The summed E-state index contributed by atoms with van der Waals surface area (Å²) in [4.78, 5) is 11.1. The van der Waals surface area contributed by atoms with Gasteiger partial charge < -0.3 is 5.11 Å². The number of H-pyrrole nitrogens is 1. The lowest BCUT2D eigenvalue weighted by molar-refractivity contribution is 0.0698. The topological polar surface area (TPSA) is 83.3 Å². The van der Waals surface area contributed by atoms with Gasteiger partial charge in [0.25, 0.3) is 0 Å². The predicted molar refractivity (Wildman–Crippen MR) is 64.5 cm³/mol. The second kappa shape index (κ2) is 3.69. The van der Waals surface area contributed by atoms with Crippen LogP contribution in [0, 0.1) is 6.92 Å². The van der Waals surface area contributed by atoms with Crippen molar-refractivity contribution >= 4 is 11.6 Å². The zero-order valence-corrected chi connectivity index (χ0v) is 9.58. The van der Waals surface area contributed by atoms with E-state index >= 15 is 0 Å². The SMILES string of the molecule is Cc1[nH]n2c(-c3ccccc3)nnc2c1C(=O)O. The van der Waals surface area contributed by atoms with E-state index in [9.17, 15) is 4.79 Å². The van der Waals surface area contributed by atoms with Gasteiger partial charge in [0.05, 0.1) is 0 Å². The largest absolute Gasteiger partial charge is 0.477 e. The van der Waals surface area contributed by atoms with E-state index < -0.39 is 5.97 Å². The van der Waals surface area contributed by atoms with Crippen molar-refractivity contribution in [1.29, 1.82) is 0 Å². The average Bonchev–Trinajstić information content (AvgIpc) is 2.87. The van der Waals surface area contributed by atoms with Crippen molar-refractivity contribution in [3.05, 3.63) is 41.6 Å². The van der Waals surface area contributed by atoms with Crippen LogP contribution in [-0.2, 0) is 0 Å². The van der Waals surface area contributed by atoms with Gasteiger partial charge in [-0.25, -0.2) is 9.31 Å². The first-order chi connectivity index (χ1) is 8.68. The molecule has 0 spiro atoms. The molecule has 2 heterocycles. The fraction of sp³-hybridized carbons (Fsp3) is 0.0833. The Labute approximate surface area is 102 Å². The highest BCUT2D eigenvalue weighted by atomic mass is 16.4. The van der Waals surface area contributed by atoms with Crippen molar-refractivity contribution in [2.45, 2.75) is 6.92 Å². The number of nitrogens with one attached hydrogen (secondary N) is 1. The number of carboxylic acids is 1. The second-order valence-electron chi connectivity index (χ2n) is 3.97. The quantitative estimate of drug-likeness (QED) is 0.716. The number of benzene rings is 1. The lowest BCUT2D eigenvalue weighted by atomic mass is 10.2. The fourth-order valence-electron chi connectivity index (χ4n) is 1.97. The van der Waals surface area contributed by atoms with Crippen LogP contribution in [0.5, 0.6) is 0 Å². The summed E-state index contributed by atoms with van der Waals surface area (Å²) in [6.45, 7) is 1.70. The zero-order valence-electron chi connectivity index (χ0n) is 9.58. The molecule has 90 valence electrons. The molecule has 0 radical (unpaired) electrons. The van der Waals surface area contributed by atoms with Gasteiger partial charge in [-0.2, -0.15) is 0 Å². The molecule has 0 fully saturated rings. The van der Waals surface area contributed by atoms with Crippen molar-refractivity contribution in [3.8, 4) is 11.4 Å². The number of rotatable bonds is 2. The second-order valence-corrected chi connectivity index (χ2v) is 3.97. The lowest BCUT2D eigenvalue weighted by Crippen LogP contribution is -1.97. The van der Waals surface area contributed by atoms with Gasteiger partial charge in [0.15, 0.2) is 11.5 Å². The van der Waals surface area contributed by atoms with E-state index in [1.807, 2.05) is 30.3 Å². The molecule has 18 heavy (non-hydrogen) atoms. The molecule has 2 aromatic heterocycles. The summed E-state index contributed by atoms with van der Waals surface area (Å²) in [5.74, 6) is -0.410. The number of carbonyl (C=O) groups is 1. The van der Waals surface area contributed by atoms with E-state index in [-0.39, 0.29) is 5.56 Å². The number of nitrogens with zero attached hydrogens (tertiary/aromatic N) is 3. The third-order valence-electron chi connectivity index (χ3n) is 2.79. The Balaban J connectivity index is 2.28. The summed E-state index contributed by atoms with van der Waals surface area (Å²) < 4.78 is 1.59. The zero-order chi connectivity index (χ0) is 12.7. The maximum absolute atomic E-state index is 11.1. The smallest absolute Gasteiger partial charge is 0.341 e. The summed E-state index contributed by atoms with van der Waals surface area (Å²) in [7, 11) is 0. The minimum absolute atomic E-state index is 0.157. The van der Waals surface area contributed by atoms with E-state index in [1.165, 1.54) is 0 Å². The molecule has 6 heteroatoms. The van der Waals surface area contributed by atoms with E-state index in [1.54, 1.807) is 11.4 Å². The van der Waals surface area contributed by atoms with Crippen LogP contribution in [0.2, 0.25) is 0 Å². The molecule has 0 saturated carbocycles. The maximum atomic E-state index is 11.1. The lowest BCUT2D eigenvalue weighted by Gasteiger charge is -1.96. The molecule has 0 amide bonds. The number of aromatic carboxylic acids is 1. The van der Waals surface area contributed by atoms with Gasteiger partial charge >= 0.3 is 5.97 Å². The Morgan fingerprint density at radius 3 is 2.67 bits per heavy atom. The van der Waals surface area contributed by atoms with Crippen LogP contribution in [0.1, 0.15) is 16.1 Å². The van der Waals surface area contributed by atoms with Crippen LogP contribution >= 0.6 is 0 Å². The monoisotopic (exact) mass is 242 g/mol. The Bertz CT molecular complexity index is 727. The van der Waals surface area contributed by atoms with Gasteiger partial charge in [-0.3, -0.25) is 5.10 Å². The molecule has 0 saturated heterocycles. The Morgan fingerprint density at radius 1 is 1.28 bits per heavy atom. The summed E-state index contributed by atoms with van der Waals surface area (Å²) in [5.41, 5.74) is 1.93. The molecule has 3 rings (SSSR count). The Hall–Kier alpha value is -2.63. The summed E-state index contributed by atoms with van der Waals surface area (Å²) >= 11 is 0. The van der Waals surface area contributed by atoms with E-state index in [2.05, 4.69) is 15.3 Å². The number of hydrogen-bond donors (Lipinski definition) is 2. The van der Waals surface area contributed by atoms with Crippen molar-refractivity contribution < 1.29 is 9.90 Å². The van der Waals surface area contributed by atoms with Gasteiger partial charge in [-0.1, -0.05) is 30.3 Å². The molecule has 6 nitrogen and oxygen atoms in total. The van der Waals surface area contributed by atoms with Gasteiger partial charge in [-0.05, 0) is 6.92 Å². The van der Waals surface area contributed by atoms with Crippen molar-refractivity contribution in [3.63, 3.8) is 0 Å². The van der Waals surface area contributed by atoms with Crippen LogP contribution in [-0.4, -0.2) is 30.9 Å². The predicted octanol–water partition coefficient (Wildman–Crippen LogP) is 1.73. The van der Waals surface area contributed by atoms with E-state index in [4.69, 9.17) is 5.11 Å². The van der Waals surface area contributed by atoms with E-state index in [0.29, 0.717) is 17.2 Å². The molecular weight excluding hydrogens is 232 g/mol. The van der Waals surface area contributed by atoms with Crippen molar-refractivity contribution in [2.24, 2.45) is 0 Å². The Kier molecular flexibility index (Phi) is 2.16. The standard InChI is InChI=1S/C12H10N4O2/c1-7-9(12(17)18)11-14-13-10(16(11)15-7)8-5-3-2-4-6-8/h2-6,15H,1H3,(H,17,18). The van der Waals surface area contributed by atoms with Crippen LogP contribution in [0.25, 0.3) is 17.0 Å². The van der Waals surface area contributed by atoms with Crippen molar-refractivity contribution in [2.75, 3.05) is 0 Å². The number of aromatic nitrogens is 4. The molecule has 0 unspecified atom stereocenters. The fourth-order valence-corrected chi connectivity index (χ4v) is 1.97. The van der Waals surface area contributed by atoms with Crippen LogP contribution < -0.4 is 0 Å². The van der Waals surface area contributed by atoms with Crippen LogP contribution in [0.3, 0.4) is 0 Å². The van der Waals surface area contributed by atoms with Gasteiger partial charge in [0.2, 0.25) is 0 Å². The van der Waals surface area contributed by atoms with Gasteiger partial charge in [0.1, 0.15) is 5.56 Å². The third kappa shape index (κ3) is 1.39. The summed E-state index contributed by atoms with van der Waals surface area (Å²) in [6.07, 6.45) is 0. The first-order valence-corrected chi connectivity index (χ1v) is 5.41. The highest BCUT2D eigenvalue weighted by Crippen LogP contribution is 2.21. The molecule has 0 atom stereocenters. The first-order valence-electron chi connectivity index (χ1n) is 5.41. The molecule has 3 aromatic rings. The first kappa shape index (κ1) is 10.5. The van der Waals surface area contributed by atoms with Crippen molar-refractivity contribution in [1.82, 2.24) is 19.8 Å². The maximum Gasteiger partial charge on any atom is 0.341 e. The highest BCUT2D eigenvalue weighted by molar-refractivity contribution is 5.96. The van der Waals surface area contributed by atoms with E-state index in [0.717, 1.165) is 5.56 Å². The minimum Gasteiger partial charge on any atom is -0.477 e. The summed E-state index contributed by atoms with van der Waals surface area (Å²) in [6, 6.07) is 9.49. The van der Waals surface area contributed by atoms with Gasteiger partial charge in [-0.15, -0.1) is 10.2 Å². The number of fused-ring (bicyclic) bond motifs is 1. The number of aromatic amines is 1. The molecular formula is C12H10N4O2. The molecule has 0 aliphatic rings. The molecule has 2 N–H and O–H groups in total. The number of hydrogen-bond acceptors (Lipinski definition) is 3. The van der Waals surface area contributed by atoms with Crippen LogP contribution in [0.15, 0.2) is 30.3 Å². The molecule has 0 aliphatic carbocycles. The normalized spacial score (nSPS) is 10.9. The summed E-state index contributed by atoms with van der Waals surface area (Å²) in [5, 5.41) is 20.1. The number of aryl methyl sites for hydroxylation is 1.